The first kappa shape index (κ1) is 21.2. The van der Waals surface area contributed by atoms with Crippen molar-refractivity contribution in [1.82, 2.24) is 14.5 Å². The molecule has 2 aromatic rings. The number of rotatable bonds is 7. The summed E-state index contributed by atoms with van der Waals surface area (Å²) in [6.07, 6.45) is 2.03. The molecule has 4 rings (SSSR count). The molecule has 2 aliphatic rings. The highest BCUT2D eigenvalue weighted by Gasteiger charge is 2.39. The molecule has 1 N–H and O–H groups in total. The Morgan fingerprint density at radius 3 is 2.26 bits per heavy atom. The van der Waals surface area contributed by atoms with E-state index in [-0.39, 0.29) is 10.5 Å². The van der Waals surface area contributed by atoms with E-state index in [2.05, 4.69) is 5.32 Å². The van der Waals surface area contributed by atoms with Crippen LogP contribution in [0.5, 0.6) is 0 Å². The Hall–Kier alpha value is -3.04. The normalized spacial score (nSPS) is 19.6. The van der Waals surface area contributed by atoms with Crippen LogP contribution in [0.3, 0.4) is 0 Å². The maximum Gasteiger partial charge on any atom is 0.325 e. The fourth-order valence-corrected chi connectivity index (χ4v) is 5.36. The quantitative estimate of drug-likeness (QED) is 0.521. The molecule has 1 unspecified atom stereocenters. The van der Waals surface area contributed by atoms with Crippen LogP contribution >= 0.6 is 0 Å². The number of carbonyl (C=O) groups excluding carboxylic acids is 3. The van der Waals surface area contributed by atoms with Gasteiger partial charge in [-0.3, -0.25) is 14.5 Å². The van der Waals surface area contributed by atoms with Crippen molar-refractivity contribution in [1.29, 1.82) is 0 Å². The van der Waals surface area contributed by atoms with Crippen LogP contribution in [0.2, 0.25) is 0 Å². The van der Waals surface area contributed by atoms with Gasteiger partial charge in [0.05, 0.1) is 11.4 Å². The first-order valence-electron chi connectivity index (χ1n) is 10.2. The summed E-state index contributed by atoms with van der Waals surface area (Å²) in [6, 6.07) is 13.6. The molecular weight excluding hydrogens is 418 g/mol. The third-order valence-electron chi connectivity index (χ3n) is 5.57. The summed E-state index contributed by atoms with van der Waals surface area (Å²) in [5.74, 6) is -0.885. The van der Waals surface area contributed by atoms with Crippen LogP contribution in [0.25, 0.3) is 0 Å². The zero-order valence-corrected chi connectivity index (χ0v) is 17.7. The standard InChI is InChI=1S/C22H23N3O5S/c26-20(17-8-10-18(11-9-17)31(29,30)24-12-4-5-13-24)15-25-21(27)19(23-22(25)28)14-16-6-2-1-3-7-16/h1-3,6-11,19H,4-5,12-15H2,(H,23,28). The molecule has 9 heteroatoms. The van der Waals surface area contributed by atoms with Crippen molar-refractivity contribution in [3.63, 3.8) is 0 Å². The van der Waals surface area contributed by atoms with E-state index in [1.54, 1.807) is 0 Å². The summed E-state index contributed by atoms with van der Waals surface area (Å²) < 4.78 is 26.6. The van der Waals surface area contributed by atoms with Crippen molar-refractivity contribution in [2.45, 2.75) is 30.2 Å². The van der Waals surface area contributed by atoms with Gasteiger partial charge in [0.2, 0.25) is 10.0 Å². The zero-order chi connectivity index (χ0) is 22.0. The van der Waals surface area contributed by atoms with Crippen LogP contribution in [0.4, 0.5) is 4.79 Å². The fraction of sp³-hybridized carbons (Fsp3) is 0.318. The lowest BCUT2D eigenvalue weighted by atomic mass is 10.1. The highest BCUT2D eigenvalue weighted by Crippen LogP contribution is 2.21. The van der Waals surface area contributed by atoms with Gasteiger partial charge < -0.3 is 5.32 Å². The summed E-state index contributed by atoms with van der Waals surface area (Å²) in [7, 11) is -3.56. The van der Waals surface area contributed by atoms with Gasteiger partial charge in [-0.25, -0.2) is 13.2 Å². The Kier molecular flexibility index (Phi) is 5.88. The van der Waals surface area contributed by atoms with Crippen LogP contribution in [0.1, 0.15) is 28.8 Å². The molecule has 2 saturated heterocycles. The number of ketones is 1. The molecule has 2 aliphatic heterocycles. The topological polar surface area (TPSA) is 104 Å². The number of hydrogen-bond acceptors (Lipinski definition) is 5. The lowest BCUT2D eigenvalue weighted by Gasteiger charge is -2.16. The van der Waals surface area contributed by atoms with Crippen molar-refractivity contribution in [2.75, 3.05) is 19.6 Å². The van der Waals surface area contributed by atoms with Gasteiger partial charge in [-0.05, 0) is 42.7 Å². The Bertz CT molecular complexity index is 1090. The van der Waals surface area contributed by atoms with Crippen molar-refractivity contribution >= 4 is 27.7 Å². The summed E-state index contributed by atoms with van der Waals surface area (Å²) >= 11 is 0. The van der Waals surface area contributed by atoms with Gasteiger partial charge in [-0.1, -0.05) is 30.3 Å². The molecule has 0 saturated carbocycles. The number of nitrogens with one attached hydrogen (secondary N) is 1. The number of hydrogen-bond donors (Lipinski definition) is 1. The van der Waals surface area contributed by atoms with Crippen LogP contribution in [-0.4, -0.2) is 61.0 Å². The third-order valence-corrected chi connectivity index (χ3v) is 7.48. The van der Waals surface area contributed by atoms with E-state index < -0.39 is 40.3 Å². The number of carbonyl (C=O) groups is 3. The summed E-state index contributed by atoms with van der Waals surface area (Å²) in [5.41, 5.74) is 1.15. The Labute approximate surface area is 180 Å². The smallest absolute Gasteiger partial charge is 0.325 e. The number of Topliss-reactive ketones (excluding diaryl/α,β-unsaturated/α-hetero) is 1. The van der Waals surface area contributed by atoms with Gasteiger partial charge in [-0.15, -0.1) is 0 Å². The summed E-state index contributed by atoms with van der Waals surface area (Å²) in [4.78, 5) is 38.5. The van der Waals surface area contributed by atoms with Gasteiger partial charge in [0.25, 0.3) is 5.91 Å². The molecule has 0 aliphatic carbocycles. The molecule has 0 bridgehead atoms. The monoisotopic (exact) mass is 441 g/mol. The minimum atomic E-state index is -3.56. The van der Waals surface area contributed by atoms with Gasteiger partial charge in [0, 0.05) is 25.1 Å². The molecule has 0 radical (unpaired) electrons. The van der Waals surface area contributed by atoms with Crippen LogP contribution in [-0.2, 0) is 21.2 Å². The molecular formula is C22H23N3O5S. The van der Waals surface area contributed by atoms with Gasteiger partial charge >= 0.3 is 6.03 Å². The SMILES string of the molecule is O=C(CN1C(=O)NC(Cc2ccccc2)C1=O)c1ccc(S(=O)(=O)N2CCCC2)cc1. The minimum Gasteiger partial charge on any atom is -0.325 e. The molecule has 0 aromatic heterocycles. The largest absolute Gasteiger partial charge is 0.325 e. The average Bonchev–Trinajstić information content (AvgIpc) is 3.40. The van der Waals surface area contributed by atoms with Crippen molar-refractivity contribution in [3.8, 4) is 0 Å². The summed E-state index contributed by atoms with van der Waals surface area (Å²) in [5, 5.41) is 2.62. The number of benzene rings is 2. The van der Waals surface area contributed by atoms with Crippen molar-refractivity contribution in [2.24, 2.45) is 0 Å². The maximum atomic E-state index is 12.6. The maximum absolute atomic E-state index is 12.6. The molecule has 3 amide bonds. The van der Waals surface area contributed by atoms with Crippen LogP contribution in [0.15, 0.2) is 59.5 Å². The molecule has 31 heavy (non-hydrogen) atoms. The number of imide groups is 1. The predicted molar refractivity (Wildman–Crippen MR) is 113 cm³/mol. The van der Waals surface area contributed by atoms with E-state index >= 15 is 0 Å². The molecule has 0 spiro atoms. The van der Waals surface area contributed by atoms with E-state index in [1.807, 2.05) is 30.3 Å². The fourth-order valence-electron chi connectivity index (χ4n) is 3.84. The lowest BCUT2D eigenvalue weighted by Crippen LogP contribution is -2.36. The summed E-state index contributed by atoms with van der Waals surface area (Å²) in [6.45, 7) is 0.604. The second kappa shape index (κ2) is 8.60. The second-order valence-corrected chi connectivity index (χ2v) is 9.61. The van der Waals surface area contributed by atoms with E-state index in [9.17, 15) is 22.8 Å². The third kappa shape index (κ3) is 4.38. The van der Waals surface area contributed by atoms with E-state index in [1.165, 1.54) is 28.6 Å². The van der Waals surface area contributed by atoms with Crippen molar-refractivity contribution in [3.05, 3.63) is 65.7 Å². The molecule has 2 heterocycles. The van der Waals surface area contributed by atoms with E-state index in [0.717, 1.165) is 23.3 Å². The first-order chi connectivity index (χ1) is 14.9. The predicted octanol–water partition coefficient (Wildman–Crippen LogP) is 1.82. The van der Waals surface area contributed by atoms with E-state index in [4.69, 9.17) is 0 Å². The van der Waals surface area contributed by atoms with Crippen LogP contribution < -0.4 is 5.32 Å². The first-order valence-corrected chi connectivity index (χ1v) is 11.6. The molecule has 2 fully saturated rings. The number of nitrogens with zero attached hydrogens (tertiary/aromatic N) is 2. The zero-order valence-electron chi connectivity index (χ0n) is 16.9. The van der Waals surface area contributed by atoms with Crippen molar-refractivity contribution < 1.29 is 22.8 Å². The number of sulfonamides is 1. The Morgan fingerprint density at radius 1 is 0.968 bits per heavy atom. The Balaban J connectivity index is 1.42. The molecule has 2 aromatic carbocycles. The van der Waals surface area contributed by atoms with Gasteiger partial charge in [0.1, 0.15) is 6.04 Å². The molecule has 1 atom stereocenters. The van der Waals surface area contributed by atoms with E-state index in [0.29, 0.717) is 19.5 Å². The minimum absolute atomic E-state index is 0.129. The van der Waals surface area contributed by atoms with Gasteiger partial charge in [0.15, 0.2) is 5.78 Å². The highest BCUT2D eigenvalue weighted by molar-refractivity contribution is 7.89. The second-order valence-electron chi connectivity index (χ2n) is 7.67. The molecule has 8 nitrogen and oxygen atoms in total. The van der Waals surface area contributed by atoms with Crippen LogP contribution in [0, 0.1) is 0 Å². The highest BCUT2D eigenvalue weighted by atomic mass is 32.2. The van der Waals surface area contributed by atoms with Gasteiger partial charge in [-0.2, -0.15) is 4.31 Å². The number of amides is 3. The Morgan fingerprint density at radius 2 is 1.61 bits per heavy atom. The molecule has 162 valence electrons. The number of urea groups is 1. The lowest BCUT2D eigenvalue weighted by molar-refractivity contribution is -0.127. The average molecular weight is 442 g/mol.